The molecule has 0 radical (unpaired) electrons. The van der Waals surface area contributed by atoms with Crippen molar-refractivity contribution in [3.63, 3.8) is 0 Å². The highest BCUT2D eigenvalue weighted by atomic mass is 16.2. The van der Waals surface area contributed by atoms with Gasteiger partial charge in [-0.25, -0.2) is 0 Å². The third-order valence-electron chi connectivity index (χ3n) is 4.57. The minimum Gasteiger partial charge on any atom is -0.356 e. The highest BCUT2D eigenvalue weighted by Gasteiger charge is 2.37. The molecule has 0 saturated carbocycles. The molecule has 1 aromatic rings. The molecule has 5 heteroatoms. The van der Waals surface area contributed by atoms with Crippen molar-refractivity contribution >= 4 is 5.91 Å². The number of hydrogen-bond acceptors (Lipinski definition) is 3. The number of hydrogen-bond donors (Lipinski definition) is 2. The monoisotopic (exact) mass is 292 g/mol. The van der Waals surface area contributed by atoms with Crippen LogP contribution in [0.15, 0.2) is 6.07 Å². The van der Waals surface area contributed by atoms with Crippen molar-refractivity contribution in [2.75, 3.05) is 19.6 Å². The topological polar surface area (TPSA) is 59.0 Å². The Morgan fingerprint density at radius 2 is 2.33 bits per heavy atom. The molecule has 21 heavy (non-hydrogen) atoms. The Labute approximate surface area is 127 Å². The van der Waals surface area contributed by atoms with E-state index in [0.717, 1.165) is 57.6 Å². The molecule has 1 atom stereocenters. The second kappa shape index (κ2) is 7.07. The molecule has 0 aromatic carbocycles. The summed E-state index contributed by atoms with van der Waals surface area (Å²) in [7, 11) is 0. The van der Waals surface area contributed by atoms with Gasteiger partial charge in [0.15, 0.2) is 0 Å². The van der Waals surface area contributed by atoms with E-state index in [9.17, 15) is 4.79 Å². The SMILES string of the molecule is CCC1(C(=O)NCCCn2nc(C)cc2C)CCCNC1. The largest absolute Gasteiger partial charge is 0.356 e. The Morgan fingerprint density at radius 3 is 2.90 bits per heavy atom. The fourth-order valence-corrected chi connectivity index (χ4v) is 3.14. The predicted molar refractivity (Wildman–Crippen MR) is 84.2 cm³/mol. The Bertz CT molecular complexity index is 475. The van der Waals surface area contributed by atoms with Crippen LogP contribution in [0.3, 0.4) is 0 Å². The van der Waals surface area contributed by atoms with Crippen molar-refractivity contribution in [2.24, 2.45) is 5.41 Å². The van der Waals surface area contributed by atoms with Gasteiger partial charge in [-0.3, -0.25) is 9.48 Å². The first-order chi connectivity index (χ1) is 10.1. The van der Waals surface area contributed by atoms with Crippen molar-refractivity contribution in [2.45, 2.75) is 53.0 Å². The summed E-state index contributed by atoms with van der Waals surface area (Å²) in [5, 5.41) is 10.9. The lowest BCUT2D eigenvalue weighted by molar-refractivity contribution is -0.132. The number of carbonyl (C=O) groups is 1. The zero-order valence-corrected chi connectivity index (χ0v) is 13.5. The highest BCUT2D eigenvalue weighted by molar-refractivity contribution is 5.82. The van der Waals surface area contributed by atoms with E-state index in [1.54, 1.807) is 0 Å². The van der Waals surface area contributed by atoms with Crippen molar-refractivity contribution in [3.8, 4) is 0 Å². The lowest BCUT2D eigenvalue weighted by Gasteiger charge is -2.35. The van der Waals surface area contributed by atoms with Gasteiger partial charge in [0, 0.05) is 25.3 Å². The standard InChI is InChI=1S/C16H28N4O/c1-4-16(7-5-8-17-12-16)15(21)18-9-6-10-20-14(3)11-13(2)19-20/h11,17H,4-10,12H2,1-3H3,(H,18,21). The molecule has 2 N–H and O–H groups in total. The number of rotatable bonds is 6. The molecule has 1 saturated heterocycles. The van der Waals surface area contributed by atoms with E-state index in [2.05, 4.69) is 35.6 Å². The maximum atomic E-state index is 12.5. The first-order valence-corrected chi connectivity index (χ1v) is 8.07. The summed E-state index contributed by atoms with van der Waals surface area (Å²) in [5.74, 6) is 0.213. The molecular weight excluding hydrogens is 264 g/mol. The van der Waals surface area contributed by atoms with E-state index in [0.29, 0.717) is 0 Å². The lowest BCUT2D eigenvalue weighted by atomic mass is 9.77. The number of amides is 1. The zero-order valence-electron chi connectivity index (χ0n) is 13.5. The Morgan fingerprint density at radius 1 is 1.52 bits per heavy atom. The molecule has 2 heterocycles. The molecule has 1 aliphatic heterocycles. The molecule has 118 valence electrons. The van der Waals surface area contributed by atoms with Crippen LogP contribution in [-0.4, -0.2) is 35.3 Å². The average molecular weight is 292 g/mol. The Hall–Kier alpha value is -1.36. The molecule has 5 nitrogen and oxygen atoms in total. The van der Waals surface area contributed by atoms with Crippen LogP contribution in [-0.2, 0) is 11.3 Å². The summed E-state index contributed by atoms with van der Waals surface area (Å²) >= 11 is 0. The maximum absolute atomic E-state index is 12.5. The van der Waals surface area contributed by atoms with E-state index in [4.69, 9.17) is 0 Å². The van der Waals surface area contributed by atoms with Gasteiger partial charge in [0.25, 0.3) is 0 Å². The van der Waals surface area contributed by atoms with Gasteiger partial charge in [-0.1, -0.05) is 6.92 Å². The van der Waals surface area contributed by atoms with Crippen LogP contribution < -0.4 is 10.6 Å². The number of piperidine rings is 1. The Balaban J connectivity index is 1.77. The minimum absolute atomic E-state index is 0.198. The molecule has 1 aromatic heterocycles. The summed E-state index contributed by atoms with van der Waals surface area (Å²) in [5.41, 5.74) is 2.03. The summed E-state index contributed by atoms with van der Waals surface area (Å²) in [6.45, 7) is 9.61. The first-order valence-electron chi connectivity index (χ1n) is 8.07. The van der Waals surface area contributed by atoms with Crippen molar-refractivity contribution in [3.05, 3.63) is 17.5 Å². The highest BCUT2D eigenvalue weighted by Crippen LogP contribution is 2.30. The third kappa shape index (κ3) is 3.84. The Kier molecular flexibility index (Phi) is 5.39. The van der Waals surface area contributed by atoms with E-state index >= 15 is 0 Å². The molecule has 0 bridgehead atoms. The van der Waals surface area contributed by atoms with E-state index in [1.807, 2.05) is 11.6 Å². The summed E-state index contributed by atoms with van der Waals surface area (Å²) in [6.07, 6.45) is 3.91. The molecule has 1 unspecified atom stereocenters. The van der Waals surface area contributed by atoms with E-state index < -0.39 is 0 Å². The fourth-order valence-electron chi connectivity index (χ4n) is 3.14. The first kappa shape index (κ1) is 16.0. The van der Waals surface area contributed by atoms with Crippen LogP contribution in [0.2, 0.25) is 0 Å². The normalized spacial score (nSPS) is 22.2. The van der Waals surface area contributed by atoms with Crippen LogP contribution >= 0.6 is 0 Å². The fraction of sp³-hybridized carbons (Fsp3) is 0.750. The second-order valence-electron chi connectivity index (χ2n) is 6.17. The van der Waals surface area contributed by atoms with Gasteiger partial charge in [0.05, 0.1) is 11.1 Å². The second-order valence-corrected chi connectivity index (χ2v) is 6.17. The number of nitrogens with zero attached hydrogens (tertiary/aromatic N) is 2. The van der Waals surface area contributed by atoms with Gasteiger partial charge < -0.3 is 10.6 Å². The molecule has 1 amide bonds. The van der Waals surface area contributed by atoms with Gasteiger partial charge >= 0.3 is 0 Å². The number of carbonyl (C=O) groups excluding carboxylic acids is 1. The maximum Gasteiger partial charge on any atom is 0.227 e. The number of nitrogens with one attached hydrogen (secondary N) is 2. The molecule has 1 fully saturated rings. The quantitative estimate of drug-likeness (QED) is 0.786. The number of aromatic nitrogens is 2. The van der Waals surface area contributed by atoms with Gasteiger partial charge in [-0.15, -0.1) is 0 Å². The van der Waals surface area contributed by atoms with E-state index in [-0.39, 0.29) is 11.3 Å². The minimum atomic E-state index is -0.198. The van der Waals surface area contributed by atoms with Crippen LogP contribution in [0.4, 0.5) is 0 Å². The molecule has 0 aliphatic carbocycles. The van der Waals surface area contributed by atoms with E-state index in [1.165, 1.54) is 5.69 Å². The van der Waals surface area contributed by atoms with Crippen molar-refractivity contribution in [1.29, 1.82) is 0 Å². The zero-order chi connectivity index (χ0) is 15.3. The van der Waals surface area contributed by atoms with Gasteiger partial charge in [-0.2, -0.15) is 5.10 Å². The van der Waals surface area contributed by atoms with Gasteiger partial charge in [0.2, 0.25) is 5.91 Å². The van der Waals surface area contributed by atoms with Crippen molar-refractivity contribution < 1.29 is 4.79 Å². The smallest absolute Gasteiger partial charge is 0.227 e. The van der Waals surface area contributed by atoms with Gasteiger partial charge in [-0.05, 0) is 52.1 Å². The molecule has 0 spiro atoms. The lowest BCUT2D eigenvalue weighted by Crippen LogP contribution is -2.50. The third-order valence-corrected chi connectivity index (χ3v) is 4.57. The van der Waals surface area contributed by atoms with Crippen molar-refractivity contribution in [1.82, 2.24) is 20.4 Å². The van der Waals surface area contributed by atoms with Gasteiger partial charge in [0.1, 0.15) is 0 Å². The van der Waals surface area contributed by atoms with Crippen LogP contribution in [0.25, 0.3) is 0 Å². The van der Waals surface area contributed by atoms with Crippen LogP contribution in [0, 0.1) is 19.3 Å². The summed E-state index contributed by atoms with van der Waals surface area (Å²) < 4.78 is 2.01. The summed E-state index contributed by atoms with van der Waals surface area (Å²) in [6, 6.07) is 2.08. The van der Waals surface area contributed by atoms with Crippen LogP contribution in [0.1, 0.15) is 44.0 Å². The molecular formula is C16H28N4O. The number of aryl methyl sites for hydroxylation is 3. The van der Waals surface area contributed by atoms with Crippen LogP contribution in [0.5, 0.6) is 0 Å². The summed E-state index contributed by atoms with van der Waals surface area (Å²) in [4.78, 5) is 12.5. The predicted octanol–water partition coefficient (Wildman–Crippen LogP) is 1.79. The average Bonchev–Trinajstić information content (AvgIpc) is 2.82. The molecule has 2 rings (SSSR count). The molecule has 1 aliphatic rings.